The number of rotatable bonds is 10. The summed E-state index contributed by atoms with van der Waals surface area (Å²) in [5, 5.41) is 15.1. The first-order valence-corrected chi connectivity index (χ1v) is 10.5. The molecule has 0 aliphatic heterocycles. The van der Waals surface area contributed by atoms with Crippen molar-refractivity contribution >= 4 is 21.9 Å². The topological polar surface area (TPSA) is 74.1 Å². The largest absolute Gasteiger partial charge is 0.490 e. The molecular formula is C21H26BrN5O2. The molecule has 0 aliphatic rings. The second-order valence-corrected chi connectivity index (χ2v) is 7.47. The van der Waals surface area contributed by atoms with Gasteiger partial charge in [0.1, 0.15) is 6.61 Å². The van der Waals surface area contributed by atoms with Crippen LogP contribution in [0.2, 0.25) is 0 Å². The van der Waals surface area contributed by atoms with Crippen LogP contribution >= 0.6 is 15.9 Å². The minimum Gasteiger partial charge on any atom is -0.490 e. The number of anilines is 1. The molecule has 0 spiro atoms. The number of halogens is 1. The highest BCUT2D eigenvalue weighted by molar-refractivity contribution is 9.10. The van der Waals surface area contributed by atoms with Crippen LogP contribution in [0, 0.1) is 6.92 Å². The molecule has 0 fully saturated rings. The molecular weight excluding hydrogens is 434 g/mol. The van der Waals surface area contributed by atoms with E-state index < -0.39 is 0 Å². The molecule has 1 N–H and O–H groups in total. The third kappa shape index (κ3) is 5.47. The van der Waals surface area contributed by atoms with Gasteiger partial charge in [0.25, 0.3) is 0 Å². The summed E-state index contributed by atoms with van der Waals surface area (Å²) in [5.41, 5.74) is 3.39. The van der Waals surface area contributed by atoms with Crippen molar-refractivity contribution < 1.29 is 9.47 Å². The lowest BCUT2D eigenvalue weighted by atomic mass is 10.1. The monoisotopic (exact) mass is 459 g/mol. The third-order valence-corrected chi connectivity index (χ3v) is 5.20. The first-order chi connectivity index (χ1) is 14.1. The lowest BCUT2D eigenvalue weighted by Crippen LogP contribution is -2.09. The van der Waals surface area contributed by atoms with Crippen LogP contribution in [0.1, 0.15) is 37.0 Å². The average molecular weight is 460 g/mol. The highest BCUT2D eigenvalue weighted by Gasteiger charge is 2.13. The summed E-state index contributed by atoms with van der Waals surface area (Å²) < 4.78 is 14.6. The molecule has 0 radical (unpaired) electrons. The third-order valence-electron chi connectivity index (χ3n) is 4.46. The van der Waals surface area contributed by atoms with Gasteiger partial charge < -0.3 is 14.8 Å². The van der Waals surface area contributed by atoms with Gasteiger partial charge in [0.05, 0.1) is 6.61 Å². The first-order valence-electron chi connectivity index (χ1n) is 9.74. The number of ether oxygens (including phenoxy) is 2. The van der Waals surface area contributed by atoms with Crippen LogP contribution in [0.3, 0.4) is 0 Å². The van der Waals surface area contributed by atoms with E-state index in [-0.39, 0.29) is 0 Å². The van der Waals surface area contributed by atoms with Crippen molar-refractivity contribution in [1.29, 1.82) is 0 Å². The predicted octanol–water partition coefficient (Wildman–Crippen LogP) is 4.74. The van der Waals surface area contributed by atoms with Crippen molar-refractivity contribution in [3.05, 3.63) is 57.6 Å². The van der Waals surface area contributed by atoms with Crippen molar-refractivity contribution in [3.63, 3.8) is 0 Å². The van der Waals surface area contributed by atoms with Crippen LogP contribution in [-0.4, -0.2) is 26.8 Å². The Morgan fingerprint density at radius 1 is 1.07 bits per heavy atom. The summed E-state index contributed by atoms with van der Waals surface area (Å²) in [5.74, 6) is 2.08. The Morgan fingerprint density at radius 2 is 1.86 bits per heavy atom. The Morgan fingerprint density at radius 3 is 2.62 bits per heavy atom. The van der Waals surface area contributed by atoms with Crippen molar-refractivity contribution in [3.8, 4) is 11.5 Å². The minimum atomic E-state index is 0.489. The molecule has 154 valence electrons. The Bertz CT molecular complexity index is 945. The number of hydrogen-bond acceptors (Lipinski definition) is 6. The molecule has 1 heterocycles. The van der Waals surface area contributed by atoms with Crippen LogP contribution in [0.25, 0.3) is 0 Å². The average Bonchev–Trinajstić information content (AvgIpc) is 3.15. The fourth-order valence-electron chi connectivity index (χ4n) is 2.89. The molecule has 29 heavy (non-hydrogen) atoms. The molecule has 3 aromatic rings. The fourth-order valence-corrected chi connectivity index (χ4v) is 3.35. The van der Waals surface area contributed by atoms with E-state index in [9.17, 15) is 0 Å². The predicted molar refractivity (Wildman–Crippen MR) is 116 cm³/mol. The number of benzene rings is 2. The first kappa shape index (κ1) is 21.1. The lowest BCUT2D eigenvalue weighted by molar-refractivity contribution is 0.268. The Kier molecular flexibility index (Phi) is 7.46. The van der Waals surface area contributed by atoms with E-state index in [4.69, 9.17) is 9.47 Å². The van der Waals surface area contributed by atoms with Crippen molar-refractivity contribution in [2.75, 3.05) is 11.9 Å². The maximum atomic E-state index is 6.08. The molecule has 0 saturated carbocycles. The smallest absolute Gasteiger partial charge is 0.243 e. The summed E-state index contributed by atoms with van der Waals surface area (Å²) in [6.45, 7) is 8.51. The van der Waals surface area contributed by atoms with Gasteiger partial charge in [0.15, 0.2) is 11.5 Å². The Labute approximate surface area is 179 Å². The second-order valence-electron chi connectivity index (χ2n) is 6.62. The zero-order valence-electron chi connectivity index (χ0n) is 17.0. The van der Waals surface area contributed by atoms with Crippen LogP contribution < -0.4 is 14.8 Å². The van der Waals surface area contributed by atoms with Gasteiger partial charge >= 0.3 is 0 Å². The maximum Gasteiger partial charge on any atom is 0.243 e. The zero-order chi connectivity index (χ0) is 20.6. The summed E-state index contributed by atoms with van der Waals surface area (Å²) >= 11 is 3.65. The number of aryl methyl sites for hydroxylation is 2. The molecule has 2 aromatic carbocycles. The van der Waals surface area contributed by atoms with Gasteiger partial charge in [-0.1, -0.05) is 52.2 Å². The van der Waals surface area contributed by atoms with Gasteiger partial charge in [-0.3, -0.25) is 0 Å². The standard InChI is InChI=1S/C21H26BrN5O2/c1-4-10-27-21(24-25-26-27)23-13-17-11-19(28-5-2)20(12-18(17)22)29-14-16-9-7-6-8-15(16)3/h6-9,11-12H,4-5,10,13-14H2,1-3H3,(H,23,24,26). The van der Waals surface area contributed by atoms with Crippen LogP contribution in [-0.2, 0) is 19.7 Å². The van der Waals surface area contributed by atoms with E-state index in [1.165, 1.54) is 5.56 Å². The number of tetrazole rings is 1. The van der Waals surface area contributed by atoms with Gasteiger partial charge in [0, 0.05) is 17.6 Å². The molecule has 8 heteroatoms. The number of nitrogens with zero attached hydrogens (tertiary/aromatic N) is 4. The summed E-state index contributed by atoms with van der Waals surface area (Å²) in [6.07, 6.45) is 0.963. The quantitative estimate of drug-likeness (QED) is 0.471. The number of hydrogen-bond donors (Lipinski definition) is 1. The summed E-state index contributed by atoms with van der Waals surface area (Å²) in [4.78, 5) is 0. The van der Waals surface area contributed by atoms with E-state index in [0.29, 0.717) is 37.2 Å². The second kappa shape index (κ2) is 10.2. The molecule has 1 aromatic heterocycles. The van der Waals surface area contributed by atoms with Gasteiger partial charge in [0.2, 0.25) is 5.95 Å². The fraction of sp³-hybridized carbons (Fsp3) is 0.381. The maximum absolute atomic E-state index is 6.08. The van der Waals surface area contributed by atoms with Gasteiger partial charge in [-0.05, 0) is 59.5 Å². The van der Waals surface area contributed by atoms with Crippen LogP contribution in [0.5, 0.6) is 11.5 Å². The van der Waals surface area contributed by atoms with Gasteiger partial charge in [-0.15, -0.1) is 0 Å². The molecule has 0 aliphatic carbocycles. The highest BCUT2D eigenvalue weighted by atomic mass is 79.9. The molecule has 0 saturated heterocycles. The summed E-state index contributed by atoms with van der Waals surface area (Å²) in [7, 11) is 0. The SMILES string of the molecule is CCCn1nnnc1NCc1cc(OCC)c(OCc2ccccc2C)cc1Br. The molecule has 0 atom stereocenters. The van der Waals surface area contributed by atoms with E-state index in [1.54, 1.807) is 4.68 Å². The van der Waals surface area contributed by atoms with E-state index in [1.807, 2.05) is 31.2 Å². The molecule has 7 nitrogen and oxygen atoms in total. The lowest BCUT2D eigenvalue weighted by Gasteiger charge is -2.16. The Balaban J connectivity index is 1.75. The van der Waals surface area contributed by atoms with Crippen LogP contribution in [0.4, 0.5) is 5.95 Å². The molecule has 0 bridgehead atoms. The summed E-state index contributed by atoms with van der Waals surface area (Å²) in [6, 6.07) is 12.1. The molecule has 0 amide bonds. The van der Waals surface area contributed by atoms with E-state index in [2.05, 4.69) is 62.8 Å². The van der Waals surface area contributed by atoms with Gasteiger partial charge in [-0.2, -0.15) is 0 Å². The highest BCUT2D eigenvalue weighted by Crippen LogP contribution is 2.35. The van der Waals surface area contributed by atoms with E-state index >= 15 is 0 Å². The minimum absolute atomic E-state index is 0.489. The zero-order valence-corrected chi connectivity index (χ0v) is 18.6. The number of aromatic nitrogens is 4. The van der Waals surface area contributed by atoms with Gasteiger partial charge in [-0.25, -0.2) is 4.68 Å². The van der Waals surface area contributed by atoms with Crippen molar-refractivity contribution in [2.45, 2.75) is 46.9 Å². The van der Waals surface area contributed by atoms with Crippen molar-refractivity contribution in [2.24, 2.45) is 0 Å². The normalized spacial score (nSPS) is 10.8. The van der Waals surface area contributed by atoms with Crippen LogP contribution in [0.15, 0.2) is 40.9 Å². The number of nitrogens with one attached hydrogen (secondary N) is 1. The molecule has 0 unspecified atom stereocenters. The van der Waals surface area contributed by atoms with Crippen molar-refractivity contribution in [1.82, 2.24) is 20.2 Å². The van der Waals surface area contributed by atoms with E-state index in [0.717, 1.165) is 28.6 Å². The molecule has 3 rings (SSSR count). The Hall–Kier alpha value is -2.61.